The number of nitrogens with zero attached hydrogens (tertiary/aromatic N) is 4. The van der Waals surface area contributed by atoms with Crippen LogP contribution in [0.3, 0.4) is 0 Å². The van der Waals surface area contributed by atoms with Crippen molar-refractivity contribution in [2.75, 3.05) is 10.0 Å². The Balaban J connectivity index is 3.09. The fourth-order valence-corrected chi connectivity index (χ4v) is 1.42. The molecule has 0 unspecified atom stereocenters. The first-order valence-corrected chi connectivity index (χ1v) is 5.64. The molecule has 20 heavy (non-hydrogen) atoms. The predicted molar refractivity (Wildman–Crippen MR) is 75.8 cm³/mol. The second kappa shape index (κ2) is 6.88. The molecule has 8 nitrogen and oxygen atoms in total. The van der Waals surface area contributed by atoms with Crippen LogP contribution in [-0.2, 0) is 0 Å². The van der Waals surface area contributed by atoms with Gasteiger partial charge >= 0.3 is 12.2 Å². The lowest BCUT2D eigenvalue weighted by atomic mass is 10.2. The average Bonchev–Trinajstić information content (AvgIpc) is 2.42. The maximum absolute atomic E-state index is 11.0. The molecule has 0 aliphatic rings. The molecule has 0 aromatic heterocycles. The van der Waals surface area contributed by atoms with Crippen LogP contribution < -0.4 is 10.0 Å². The molecule has 0 bridgehead atoms. The third kappa shape index (κ3) is 3.55. The zero-order valence-corrected chi connectivity index (χ0v) is 11.0. The Bertz CT molecular complexity index is 490. The third-order valence-corrected chi connectivity index (χ3v) is 2.16. The molecule has 0 fully saturated rings. The number of rotatable bonds is 4. The lowest BCUT2D eigenvalue weighted by Gasteiger charge is -2.16. The summed E-state index contributed by atoms with van der Waals surface area (Å²) in [5, 5.41) is 26.9. The van der Waals surface area contributed by atoms with Crippen molar-refractivity contribution in [3.05, 3.63) is 24.3 Å². The van der Waals surface area contributed by atoms with Crippen molar-refractivity contribution < 1.29 is 19.8 Å². The Morgan fingerprint density at radius 2 is 1.20 bits per heavy atom. The van der Waals surface area contributed by atoms with Gasteiger partial charge in [-0.25, -0.2) is 9.59 Å². The van der Waals surface area contributed by atoms with Gasteiger partial charge in [-0.1, -0.05) is 0 Å². The highest BCUT2D eigenvalue weighted by Crippen LogP contribution is 2.21. The monoisotopic (exact) mass is 278 g/mol. The Labute approximate surface area is 115 Å². The van der Waals surface area contributed by atoms with E-state index in [9.17, 15) is 9.59 Å². The minimum Gasteiger partial charge on any atom is -0.463 e. The molecule has 2 amide bonds. The van der Waals surface area contributed by atoms with E-state index in [4.69, 9.17) is 10.2 Å². The second-order valence-electron chi connectivity index (χ2n) is 3.45. The Morgan fingerprint density at radius 1 is 0.900 bits per heavy atom. The van der Waals surface area contributed by atoms with Gasteiger partial charge in [0.15, 0.2) is 0 Å². The molecule has 1 aromatic carbocycles. The van der Waals surface area contributed by atoms with Gasteiger partial charge in [-0.2, -0.15) is 20.2 Å². The van der Waals surface area contributed by atoms with Gasteiger partial charge in [0, 0.05) is 12.4 Å². The van der Waals surface area contributed by atoms with Crippen molar-refractivity contribution in [1.82, 2.24) is 0 Å². The molecule has 0 aliphatic carbocycles. The summed E-state index contributed by atoms with van der Waals surface area (Å²) in [6.07, 6.45) is 0.204. The van der Waals surface area contributed by atoms with E-state index in [2.05, 4.69) is 10.2 Å². The van der Waals surface area contributed by atoms with Gasteiger partial charge in [-0.15, -0.1) is 0 Å². The molecule has 106 valence electrons. The number of benzene rings is 1. The van der Waals surface area contributed by atoms with E-state index >= 15 is 0 Å². The highest BCUT2D eigenvalue weighted by atomic mass is 16.4. The van der Waals surface area contributed by atoms with Crippen molar-refractivity contribution >= 4 is 36.0 Å². The Morgan fingerprint density at radius 3 is 1.40 bits per heavy atom. The smallest absolute Gasteiger partial charge is 0.432 e. The van der Waals surface area contributed by atoms with Crippen LogP contribution in [0.4, 0.5) is 21.0 Å². The topological polar surface area (TPSA) is 106 Å². The van der Waals surface area contributed by atoms with Crippen LogP contribution >= 0.6 is 0 Å². The van der Waals surface area contributed by atoms with E-state index in [0.717, 1.165) is 10.0 Å². The van der Waals surface area contributed by atoms with Crippen LogP contribution in [0.15, 0.2) is 34.5 Å². The van der Waals surface area contributed by atoms with Crippen LogP contribution in [0.25, 0.3) is 0 Å². The number of carbonyl (C=O) groups is 2. The first-order chi connectivity index (χ1) is 9.51. The standard InChI is InChI=1S/C12H14N4O4/c1-3-13-15(11(17)18)9-5-7-10(8-6-9)16(12(19)20)14-4-2/h3-8H,1-2H3,(H,17,18)(H,19,20). The maximum atomic E-state index is 11.0. The van der Waals surface area contributed by atoms with Crippen molar-refractivity contribution in [2.45, 2.75) is 13.8 Å². The lowest BCUT2D eigenvalue weighted by molar-refractivity contribution is 0.201. The fourth-order valence-electron chi connectivity index (χ4n) is 1.42. The van der Waals surface area contributed by atoms with E-state index in [1.165, 1.54) is 36.7 Å². The van der Waals surface area contributed by atoms with Crippen LogP contribution in [0.1, 0.15) is 13.8 Å². The van der Waals surface area contributed by atoms with Gasteiger partial charge in [0.25, 0.3) is 0 Å². The minimum absolute atomic E-state index is 0.296. The number of hydrazone groups is 2. The molecule has 2 N–H and O–H groups in total. The second-order valence-corrected chi connectivity index (χ2v) is 3.45. The molecule has 0 saturated carbocycles. The fraction of sp³-hybridized carbons (Fsp3) is 0.167. The number of hydrogen-bond acceptors (Lipinski definition) is 4. The minimum atomic E-state index is -1.24. The maximum Gasteiger partial charge on any atom is 0.432 e. The number of anilines is 2. The molecule has 0 heterocycles. The van der Waals surface area contributed by atoms with E-state index in [-0.39, 0.29) is 0 Å². The van der Waals surface area contributed by atoms with E-state index in [0.29, 0.717) is 11.4 Å². The van der Waals surface area contributed by atoms with Crippen molar-refractivity contribution in [3.63, 3.8) is 0 Å². The zero-order valence-electron chi connectivity index (χ0n) is 11.0. The Hall–Kier alpha value is -2.90. The molecule has 0 radical (unpaired) electrons. The van der Waals surface area contributed by atoms with Gasteiger partial charge < -0.3 is 10.2 Å². The van der Waals surface area contributed by atoms with Crippen LogP contribution in [0.5, 0.6) is 0 Å². The van der Waals surface area contributed by atoms with Crippen molar-refractivity contribution in [3.8, 4) is 0 Å². The van der Waals surface area contributed by atoms with Gasteiger partial charge in [-0.05, 0) is 38.1 Å². The molecule has 0 spiro atoms. The van der Waals surface area contributed by atoms with Crippen LogP contribution in [0.2, 0.25) is 0 Å². The summed E-state index contributed by atoms with van der Waals surface area (Å²) in [6, 6.07) is 5.77. The molecule has 1 rings (SSSR count). The largest absolute Gasteiger partial charge is 0.463 e. The summed E-state index contributed by atoms with van der Waals surface area (Å²) >= 11 is 0. The predicted octanol–water partition coefficient (Wildman–Crippen LogP) is 2.67. The molecular formula is C12H14N4O4. The molecule has 0 saturated heterocycles. The summed E-state index contributed by atoms with van der Waals surface area (Å²) in [5.41, 5.74) is 0.593. The van der Waals surface area contributed by atoms with Gasteiger partial charge in [0.2, 0.25) is 0 Å². The molecule has 0 atom stereocenters. The first kappa shape index (κ1) is 15.2. The van der Waals surface area contributed by atoms with Crippen LogP contribution in [0, 0.1) is 0 Å². The lowest BCUT2D eigenvalue weighted by Crippen LogP contribution is -2.24. The zero-order chi connectivity index (χ0) is 15.1. The molecular weight excluding hydrogens is 264 g/mol. The highest BCUT2D eigenvalue weighted by Gasteiger charge is 2.15. The van der Waals surface area contributed by atoms with E-state index < -0.39 is 12.2 Å². The summed E-state index contributed by atoms with van der Waals surface area (Å²) in [4.78, 5) is 22.0. The normalized spacial score (nSPS) is 10.9. The average molecular weight is 278 g/mol. The Kier molecular flexibility index (Phi) is 5.21. The van der Waals surface area contributed by atoms with Crippen molar-refractivity contribution in [2.24, 2.45) is 10.2 Å². The number of amides is 2. The quantitative estimate of drug-likeness (QED) is 0.652. The highest BCUT2D eigenvalue weighted by molar-refractivity contribution is 5.89. The first-order valence-electron chi connectivity index (χ1n) is 5.64. The molecule has 0 aliphatic heterocycles. The summed E-state index contributed by atoms with van der Waals surface area (Å²) < 4.78 is 0. The number of carboxylic acid groups (broad SMARTS) is 2. The summed E-state index contributed by atoms with van der Waals surface area (Å²) in [5.74, 6) is 0. The number of hydrogen-bond donors (Lipinski definition) is 2. The van der Waals surface area contributed by atoms with Gasteiger partial charge in [0.05, 0.1) is 11.4 Å². The summed E-state index contributed by atoms with van der Waals surface area (Å²) in [6.45, 7) is 3.18. The molecule has 1 aromatic rings. The van der Waals surface area contributed by atoms with E-state index in [1.807, 2.05) is 0 Å². The van der Waals surface area contributed by atoms with Crippen LogP contribution in [-0.4, -0.2) is 34.8 Å². The van der Waals surface area contributed by atoms with Crippen molar-refractivity contribution in [1.29, 1.82) is 0 Å². The molecule has 8 heteroatoms. The third-order valence-electron chi connectivity index (χ3n) is 2.16. The SMILES string of the molecule is CC=NN(C(=O)O)c1ccc(N(N=CC)C(=O)O)cc1. The van der Waals surface area contributed by atoms with E-state index in [1.54, 1.807) is 13.8 Å². The van der Waals surface area contributed by atoms with Gasteiger partial charge in [-0.3, -0.25) is 0 Å². The van der Waals surface area contributed by atoms with Gasteiger partial charge in [0.1, 0.15) is 0 Å². The summed E-state index contributed by atoms with van der Waals surface area (Å²) in [7, 11) is 0.